The molecule has 0 saturated carbocycles. The van der Waals surface area contributed by atoms with Crippen LogP contribution in [0.2, 0.25) is 0 Å². The van der Waals surface area contributed by atoms with Gasteiger partial charge in [0.1, 0.15) is 6.04 Å². The van der Waals surface area contributed by atoms with Gasteiger partial charge >= 0.3 is 11.9 Å². The fourth-order valence-corrected chi connectivity index (χ4v) is 0.275. The monoisotopic (exact) mass is 169 g/mol. The van der Waals surface area contributed by atoms with Crippen molar-refractivity contribution in [2.45, 2.75) is 12.5 Å². The molecule has 0 unspecified atom stereocenters. The number of nitrogens with two attached hydrogens (primary N) is 1. The predicted octanol–water partition coefficient (Wildman–Crippen LogP) is -0.375. The van der Waals surface area contributed by atoms with Crippen molar-refractivity contribution in [1.29, 1.82) is 0 Å². The molecule has 0 aromatic carbocycles. The Bertz CT molecular complexity index is 137. The van der Waals surface area contributed by atoms with E-state index < -0.39 is 24.4 Å². The summed E-state index contributed by atoms with van der Waals surface area (Å²) in [4.78, 5) is 19.6. The van der Waals surface area contributed by atoms with Crippen molar-refractivity contribution in [1.82, 2.24) is 12.3 Å². The molecule has 7 nitrogen and oxygen atoms in total. The standard InChI is InChI=1S/C4H7NO4.2H3N/c5-2(4(8)9)1-3(6)7;;/h2H,1,5H2,(H,6,7)(H,8,9);2*1H3/p+2/t2-;;/m0../s1. The van der Waals surface area contributed by atoms with E-state index in [1.807, 2.05) is 0 Å². The molecule has 11 heavy (non-hydrogen) atoms. The molecule has 0 aliphatic carbocycles. The minimum absolute atomic E-state index is 0. The first-order chi connectivity index (χ1) is 4.04. The Kier molecular flexibility index (Phi) is 10.4. The SMILES string of the molecule is N[C@@H](CC(=O)O)C(=O)O.[NH4+].[NH4+]. The average molecular weight is 169 g/mol. The molecule has 0 aromatic heterocycles. The number of aliphatic carboxylic acids is 2. The fraction of sp³-hybridized carbons (Fsp3) is 0.500. The van der Waals surface area contributed by atoms with E-state index >= 15 is 0 Å². The molecule has 0 bridgehead atoms. The summed E-state index contributed by atoms with van der Waals surface area (Å²) in [6.45, 7) is 0. The molecular weight excluding hydrogens is 154 g/mol. The van der Waals surface area contributed by atoms with Crippen LogP contribution in [0.1, 0.15) is 6.42 Å². The van der Waals surface area contributed by atoms with E-state index in [-0.39, 0.29) is 12.3 Å². The molecule has 7 heteroatoms. The van der Waals surface area contributed by atoms with Gasteiger partial charge in [-0.1, -0.05) is 0 Å². The number of carboxylic acids is 2. The normalized spacial score (nSPS) is 10.3. The van der Waals surface area contributed by atoms with Gasteiger partial charge in [-0.2, -0.15) is 0 Å². The molecule has 0 fully saturated rings. The summed E-state index contributed by atoms with van der Waals surface area (Å²) in [6, 6.07) is -1.29. The average Bonchev–Trinajstić information content (AvgIpc) is 1.63. The molecule has 0 heterocycles. The first-order valence-electron chi connectivity index (χ1n) is 2.24. The van der Waals surface area contributed by atoms with Crippen LogP contribution in [-0.2, 0) is 9.59 Å². The summed E-state index contributed by atoms with van der Waals surface area (Å²) in [6.07, 6.45) is -0.532. The Hall–Kier alpha value is -1.18. The molecule has 12 N–H and O–H groups in total. The zero-order chi connectivity index (χ0) is 7.44. The van der Waals surface area contributed by atoms with Crippen molar-refractivity contribution in [2.75, 3.05) is 0 Å². The number of carbonyl (C=O) groups is 2. The Balaban J connectivity index is -0.000000320. The highest BCUT2D eigenvalue weighted by molar-refractivity contribution is 5.80. The highest BCUT2D eigenvalue weighted by Crippen LogP contribution is 1.86. The molecule has 0 aromatic rings. The second kappa shape index (κ2) is 6.93. The maximum absolute atomic E-state index is 9.85. The van der Waals surface area contributed by atoms with E-state index in [1.165, 1.54) is 0 Å². The van der Waals surface area contributed by atoms with E-state index in [1.54, 1.807) is 0 Å². The maximum atomic E-state index is 9.85. The van der Waals surface area contributed by atoms with Gasteiger partial charge in [0.15, 0.2) is 0 Å². The van der Waals surface area contributed by atoms with Gasteiger partial charge in [0.2, 0.25) is 0 Å². The van der Waals surface area contributed by atoms with E-state index in [0.29, 0.717) is 0 Å². The van der Waals surface area contributed by atoms with Crippen LogP contribution in [-0.4, -0.2) is 28.2 Å². The zero-order valence-electron chi connectivity index (χ0n) is 6.57. The van der Waals surface area contributed by atoms with Crippen LogP contribution in [0.15, 0.2) is 0 Å². The van der Waals surface area contributed by atoms with E-state index in [9.17, 15) is 9.59 Å². The van der Waals surface area contributed by atoms with Gasteiger partial charge in [-0.3, -0.25) is 9.59 Å². The van der Waals surface area contributed by atoms with Gasteiger partial charge in [-0.05, 0) is 0 Å². The lowest BCUT2D eigenvalue weighted by molar-refractivity contribution is -0.144. The Labute approximate surface area is 63.4 Å². The molecule has 1 atom stereocenters. The predicted molar refractivity (Wildman–Crippen MR) is 39.8 cm³/mol. The van der Waals surface area contributed by atoms with Gasteiger partial charge in [0.05, 0.1) is 6.42 Å². The molecule has 68 valence electrons. The van der Waals surface area contributed by atoms with Crippen LogP contribution >= 0.6 is 0 Å². The molecule has 0 aliphatic rings. The van der Waals surface area contributed by atoms with Crippen LogP contribution in [0.3, 0.4) is 0 Å². The van der Waals surface area contributed by atoms with Gasteiger partial charge in [-0.15, -0.1) is 0 Å². The summed E-state index contributed by atoms with van der Waals surface area (Å²) in [5, 5.41) is 16.0. The van der Waals surface area contributed by atoms with Crippen LogP contribution < -0.4 is 18.0 Å². The fourth-order valence-electron chi connectivity index (χ4n) is 0.275. The smallest absolute Gasteiger partial charge is 0.321 e. The molecule has 0 saturated heterocycles. The maximum Gasteiger partial charge on any atom is 0.321 e. The van der Waals surface area contributed by atoms with Crippen LogP contribution in [0.5, 0.6) is 0 Å². The third-order valence-corrected chi connectivity index (χ3v) is 0.712. The lowest BCUT2D eigenvalue weighted by Crippen LogP contribution is -2.32. The quantitative estimate of drug-likeness (QED) is 0.386. The highest BCUT2D eigenvalue weighted by Gasteiger charge is 2.14. The Morgan fingerprint density at radius 3 is 1.73 bits per heavy atom. The Morgan fingerprint density at radius 1 is 1.27 bits per heavy atom. The van der Waals surface area contributed by atoms with Gasteiger partial charge in [-0.25, -0.2) is 0 Å². The number of quaternary nitrogens is 2. The number of rotatable bonds is 3. The molecule has 0 radical (unpaired) electrons. The first kappa shape index (κ1) is 16.4. The van der Waals surface area contributed by atoms with Crippen LogP contribution in [0.25, 0.3) is 0 Å². The third-order valence-electron chi connectivity index (χ3n) is 0.712. The number of carboxylic acid groups (broad SMARTS) is 2. The first-order valence-corrected chi connectivity index (χ1v) is 2.24. The largest absolute Gasteiger partial charge is 0.481 e. The minimum Gasteiger partial charge on any atom is -0.481 e. The summed E-state index contributed by atoms with van der Waals surface area (Å²) in [7, 11) is 0. The Morgan fingerprint density at radius 2 is 1.64 bits per heavy atom. The zero-order valence-corrected chi connectivity index (χ0v) is 6.57. The van der Waals surface area contributed by atoms with E-state index in [2.05, 4.69) is 0 Å². The van der Waals surface area contributed by atoms with E-state index in [4.69, 9.17) is 15.9 Å². The van der Waals surface area contributed by atoms with Crippen LogP contribution in [0.4, 0.5) is 0 Å². The van der Waals surface area contributed by atoms with Crippen molar-refractivity contribution >= 4 is 11.9 Å². The van der Waals surface area contributed by atoms with E-state index in [0.717, 1.165) is 0 Å². The van der Waals surface area contributed by atoms with Gasteiger partial charge in [0, 0.05) is 0 Å². The number of hydrogen-bond donors (Lipinski definition) is 5. The molecule has 0 rings (SSSR count). The lowest BCUT2D eigenvalue weighted by atomic mass is 10.2. The highest BCUT2D eigenvalue weighted by atomic mass is 16.4. The third kappa shape index (κ3) is 8.82. The van der Waals surface area contributed by atoms with Gasteiger partial charge < -0.3 is 28.2 Å². The van der Waals surface area contributed by atoms with Crippen LogP contribution in [0, 0.1) is 0 Å². The van der Waals surface area contributed by atoms with Gasteiger partial charge in [0.25, 0.3) is 0 Å². The lowest BCUT2D eigenvalue weighted by Gasteiger charge is -1.99. The van der Waals surface area contributed by atoms with Crippen molar-refractivity contribution < 1.29 is 19.8 Å². The molecule has 0 amide bonds. The summed E-state index contributed by atoms with van der Waals surface area (Å²) in [5.74, 6) is -2.50. The minimum atomic E-state index is -1.29. The number of hydrogen-bond acceptors (Lipinski definition) is 3. The summed E-state index contributed by atoms with van der Waals surface area (Å²) < 4.78 is 0. The molecular formula is C4H15N3O4+2. The van der Waals surface area contributed by atoms with Crippen molar-refractivity contribution in [3.63, 3.8) is 0 Å². The molecule has 0 aliphatic heterocycles. The topological polar surface area (TPSA) is 174 Å². The van der Waals surface area contributed by atoms with Crippen molar-refractivity contribution in [3.05, 3.63) is 0 Å². The van der Waals surface area contributed by atoms with Crippen molar-refractivity contribution in [3.8, 4) is 0 Å². The second-order valence-corrected chi connectivity index (χ2v) is 1.54. The second-order valence-electron chi connectivity index (χ2n) is 1.54. The summed E-state index contributed by atoms with van der Waals surface area (Å²) in [5.41, 5.74) is 4.84. The van der Waals surface area contributed by atoms with Crippen molar-refractivity contribution in [2.24, 2.45) is 5.73 Å². The summed E-state index contributed by atoms with van der Waals surface area (Å²) >= 11 is 0. The molecule has 0 spiro atoms.